The van der Waals surface area contributed by atoms with Gasteiger partial charge in [0.15, 0.2) is 0 Å². The lowest BCUT2D eigenvalue weighted by Crippen LogP contribution is -2.27. The number of rotatable bonds is 3. The molecule has 0 saturated carbocycles. The van der Waals surface area contributed by atoms with Crippen LogP contribution < -0.4 is 5.32 Å². The van der Waals surface area contributed by atoms with E-state index in [1.807, 2.05) is 0 Å². The molecule has 3 nitrogen and oxygen atoms in total. The summed E-state index contributed by atoms with van der Waals surface area (Å²) in [5.74, 6) is 0.949. The number of fused-ring (bicyclic) bond motifs is 3. The fourth-order valence-electron chi connectivity index (χ4n) is 4.18. The lowest BCUT2D eigenvalue weighted by molar-refractivity contribution is 0.477. The van der Waals surface area contributed by atoms with E-state index in [0.29, 0.717) is 0 Å². The highest BCUT2D eigenvalue weighted by Crippen LogP contribution is 2.41. The zero-order valence-corrected chi connectivity index (χ0v) is 17.4. The van der Waals surface area contributed by atoms with Crippen molar-refractivity contribution in [3.05, 3.63) is 94.0 Å². The molecule has 0 saturated heterocycles. The van der Waals surface area contributed by atoms with E-state index in [4.69, 9.17) is 4.98 Å². The second-order valence-corrected chi connectivity index (χ2v) is 8.30. The number of benzene rings is 3. The van der Waals surface area contributed by atoms with E-state index in [9.17, 15) is 0 Å². The van der Waals surface area contributed by atoms with E-state index in [2.05, 4.69) is 106 Å². The van der Waals surface area contributed by atoms with Crippen LogP contribution >= 0.6 is 15.9 Å². The summed E-state index contributed by atoms with van der Waals surface area (Å²) in [4.78, 5) is 4.90. The average Bonchev–Trinajstić information content (AvgIpc) is 3.12. The number of hydrogen-bond donors (Lipinski definition) is 1. The first-order valence-corrected chi connectivity index (χ1v) is 10.6. The van der Waals surface area contributed by atoms with Crippen LogP contribution in [0.5, 0.6) is 0 Å². The third kappa shape index (κ3) is 3.02. The Balaban J connectivity index is 1.63. The standard InChI is InChI=1S/C24H22BrN3/c1-2-16-7-9-18(10-8-16)23-15-21(17-11-13-19(25)14-12-17)27-24-26-20-5-3-4-6-22(20)28(23)24/h3-14,21,23H,2,15H2,1H3,(H,26,27)/t21-,23+/m0/s1. The van der Waals surface area contributed by atoms with Crippen molar-refractivity contribution in [3.63, 3.8) is 0 Å². The summed E-state index contributed by atoms with van der Waals surface area (Å²) in [6, 6.07) is 26.6. The Bertz CT molecular complexity index is 1110. The molecule has 0 fully saturated rings. The number of para-hydroxylation sites is 2. The molecule has 0 radical (unpaired) electrons. The van der Waals surface area contributed by atoms with Crippen molar-refractivity contribution < 1.29 is 0 Å². The van der Waals surface area contributed by atoms with Crippen molar-refractivity contribution in [3.8, 4) is 0 Å². The molecule has 0 spiro atoms. The summed E-state index contributed by atoms with van der Waals surface area (Å²) in [6.07, 6.45) is 2.05. The zero-order chi connectivity index (χ0) is 19.1. The minimum Gasteiger partial charge on any atom is -0.349 e. The first-order valence-electron chi connectivity index (χ1n) is 9.80. The molecule has 1 aromatic heterocycles. The smallest absolute Gasteiger partial charge is 0.204 e. The molecule has 3 aromatic carbocycles. The van der Waals surface area contributed by atoms with E-state index in [-0.39, 0.29) is 12.1 Å². The normalized spacial score (nSPS) is 18.6. The molecule has 2 heterocycles. The van der Waals surface area contributed by atoms with Gasteiger partial charge in [-0.15, -0.1) is 0 Å². The fourth-order valence-corrected chi connectivity index (χ4v) is 4.44. The number of aryl methyl sites for hydroxylation is 1. The van der Waals surface area contributed by atoms with Gasteiger partial charge < -0.3 is 9.88 Å². The van der Waals surface area contributed by atoms with Crippen LogP contribution in [0.1, 0.15) is 42.1 Å². The maximum Gasteiger partial charge on any atom is 0.204 e. The van der Waals surface area contributed by atoms with Crippen LogP contribution in [0.15, 0.2) is 77.3 Å². The second-order valence-electron chi connectivity index (χ2n) is 7.39. The SMILES string of the molecule is CCc1ccc([C@H]2C[C@@H](c3ccc(Br)cc3)Nc3nc4ccccc4n32)cc1. The summed E-state index contributed by atoms with van der Waals surface area (Å²) < 4.78 is 3.47. The Labute approximate surface area is 173 Å². The predicted octanol–water partition coefficient (Wildman–Crippen LogP) is 6.51. The molecular formula is C24H22BrN3. The number of hydrogen-bond acceptors (Lipinski definition) is 2. The van der Waals surface area contributed by atoms with Gasteiger partial charge in [0.1, 0.15) is 0 Å². The first-order chi connectivity index (χ1) is 13.7. The summed E-state index contributed by atoms with van der Waals surface area (Å²) in [7, 11) is 0. The molecule has 0 unspecified atom stereocenters. The highest BCUT2D eigenvalue weighted by Gasteiger charge is 2.30. The quantitative estimate of drug-likeness (QED) is 0.400. The molecule has 5 rings (SSSR count). The molecular weight excluding hydrogens is 410 g/mol. The third-order valence-electron chi connectivity index (χ3n) is 5.71. The minimum absolute atomic E-state index is 0.230. The molecule has 0 amide bonds. The predicted molar refractivity (Wildman–Crippen MR) is 119 cm³/mol. The van der Waals surface area contributed by atoms with Gasteiger partial charge in [-0.2, -0.15) is 0 Å². The van der Waals surface area contributed by atoms with Gasteiger partial charge in [0.05, 0.1) is 23.1 Å². The van der Waals surface area contributed by atoms with Gasteiger partial charge in [0, 0.05) is 4.47 Å². The Kier molecular flexibility index (Phi) is 4.44. The Hall–Kier alpha value is -2.59. The summed E-state index contributed by atoms with van der Waals surface area (Å²) in [5.41, 5.74) is 6.22. The summed E-state index contributed by atoms with van der Waals surface area (Å²) in [5, 5.41) is 3.68. The van der Waals surface area contributed by atoms with Crippen molar-refractivity contribution in [2.45, 2.75) is 31.8 Å². The highest BCUT2D eigenvalue weighted by atomic mass is 79.9. The van der Waals surface area contributed by atoms with Crippen LogP contribution in [-0.2, 0) is 6.42 Å². The molecule has 1 aliphatic heterocycles. The Morgan fingerprint density at radius 3 is 2.43 bits per heavy atom. The largest absolute Gasteiger partial charge is 0.349 e. The van der Waals surface area contributed by atoms with Crippen LogP contribution in [0.3, 0.4) is 0 Å². The van der Waals surface area contributed by atoms with Gasteiger partial charge in [-0.25, -0.2) is 4.98 Å². The minimum atomic E-state index is 0.230. The number of nitrogens with zero attached hydrogens (tertiary/aromatic N) is 2. The van der Waals surface area contributed by atoms with E-state index >= 15 is 0 Å². The van der Waals surface area contributed by atoms with Crippen LogP contribution in [0.25, 0.3) is 11.0 Å². The van der Waals surface area contributed by atoms with Crippen molar-refractivity contribution in [2.75, 3.05) is 5.32 Å². The van der Waals surface area contributed by atoms with Crippen molar-refractivity contribution in [1.29, 1.82) is 0 Å². The number of halogens is 1. The summed E-state index contributed by atoms with van der Waals surface area (Å²) >= 11 is 3.54. The van der Waals surface area contributed by atoms with E-state index in [1.165, 1.54) is 22.2 Å². The van der Waals surface area contributed by atoms with Gasteiger partial charge >= 0.3 is 0 Å². The third-order valence-corrected chi connectivity index (χ3v) is 6.24. The fraction of sp³-hybridized carbons (Fsp3) is 0.208. The molecule has 1 aliphatic rings. The Morgan fingerprint density at radius 1 is 0.964 bits per heavy atom. The Morgan fingerprint density at radius 2 is 1.68 bits per heavy atom. The monoisotopic (exact) mass is 431 g/mol. The van der Waals surface area contributed by atoms with E-state index in [0.717, 1.165) is 28.8 Å². The number of nitrogens with one attached hydrogen (secondary N) is 1. The molecule has 2 atom stereocenters. The molecule has 140 valence electrons. The molecule has 28 heavy (non-hydrogen) atoms. The topological polar surface area (TPSA) is 29.9 Å². The number of imidazole rings is 1. The molecule has 0 aliphatic carbocycles. The van der Waals surface area contributed by atoms with Gasteiger partial charge in [-0.05, 0) is 53.8 Å². The van der Waals surface area contributed by atoms with E-state index < -0.39 is 0 Å². The van der Waals surface area contributed by atoms with Crippen molar-refractivity contribution >= 4 is 32.9 Å². The van der Waals surface area contributed by atoms with Crippen LogP contribution in [0.2, 0.25) is 0 Å². The maximum atomic E-state index is 4.90. The van der Waals surface area contributed by atoms with Gasteiger partial charge in [0.25, 0.3) is 0 Å². The molecule has 1 N–H and O–H groups in total. The van der Waals surface area contributed by atoms with Gasteiger partial charge in [-0.3, -0.25) is 0 Å². The van der Waals surface area contributed by atoms with Gasteiger partial charge in [-0.1, -0.05) is 71.4 Å². The first kappa shape index (κ1) is 17.5. The lowest BCUT2D eigenvalue weighted by Gasteiger charge is -2.33. The summed E-state index contributed by atoms with van der Waals surface area (Å²) in [6.45, 7) is 2.20. The highest BCUT2D eigenvalue weighted by molar-refractivity contribution is 9.10. The zero-order valence-electron chi connectivity index (χ0n) is 15.8. The van der Waals surface area contributed by atoms with Crippen LogP contribution in [0, 0.1) is 0 Å². The lowest BCUT2D eigenvalue weighted by atomic mass is 9.92. The molecule has 4 aromatic rings. The van der Waals surface area contributed by atoms with Crippen molar-refractivity contribution in [2.24, 2.45) is 0 Å². The van der Waals surface area contributed by atoms with Crippen LogP contribution in [-0.4, -0.2) is 9.55 Å². The maximum absolute atomic E-state index is 4.90. The molecule has 4 heteroatoms. The number of anilines is 1. The molecule has 0 bridgehead atoms. The average molecular weight is 432 g/mol. The second kappa shape index (κ2) is 7.10. The van der Waals surface area contributed by atoms with Crippen LogP contribution in [0.4, 0.5) is 5.95 Å². The van der Waals surface area contributed by atoms with Gasteiger partial charge in [0.2, 0.25) is 5.95 Å². The number of aromatic nitrogens is 2. The van der Waals surface area contributed by atoms with Crippen molar-refractivity contribution in [1.82, 2.24) is 9.55 Å². The van der Waals surface area contributed by atoms with E-state index in [1.54, 1.807) is 0 Å².